The smallest absolute Gasteiger partial charge is 0.136 e. The van der Waals surface area contributed by atoms with Crippen molar-refractivity contribution in [3.63, 3.8) is 0 Å². The number of thiophene rings is 1. The summed E-state index contributed by atoms with van der Waals surface area (Å²) in [6.45, 7) is 0. The Bertz CT molecular complexity index is 2550. The topological polar surface area (TPSA) is 13.1 Å². The highest BCUT2D eigenvalue weighted by atomic mass is 32.1. The van der Waals surface area contributed by atoms with E-state index in [4.69, 9.17) is 4.42 Å². The molecule has 0 saturated heterocycles. The number of fused-ring (bicyclic) bond motifs is 9. The highest BCUT2D eigenvalue weighted by Gasteiger charge is 2.46. The molecule has 210 valence electrons. The molecular weight excluding hydrogens is 565 g/mol. The minimum Gasteiger partial charge on any atom is -0.456 e. The Morgan fingerprint density at radius 3 is 1.87 bits per heavy atom. The summed E-state index contributed by atoms with van der Waals surface area (Å²) < 4.78 is 9.40. The minimum absolute atomic E-state index is 0.439. The molecular formula is C43H26OS. The van der Waals surface area contributed by atoms with Crippen LogP contribution in [0.15, 0.2) is 162 Å². The van der Waals surface area contributed by atoms with Crippen LogP contribution in [0.3, 0.4) is 0 Å². The zero-order valence-corrected chi connectivity index (χ0v) is 25.1. The number of furan rings is 1. The summed E-state index contributed by atoms with van der Waals surface area (Å²) in [7, 11) is 0. The maximum atomic E-state index is 6.75. The molecule has 0 saturated carbocycles. The van der Waals surface area contributed by atoms with Crippen LogP contribution >= 0.6 is 11.3 Å². The third-order valence-electron chi connectivity index (χ3n) is 9.76. The van der Waals surface area contributed by atoms with Crippen molar-refractivity contribution >= 4 is 53.4 Å². The third-order valence-corrected chi connectivity index (χ3v) is 10.9. The first-order chi connectivity index (χ1) is 22.3. The van der Waals surface area contributed by atoms with E-state index >= 15 is 0 Å². The summed E-state index contributed by atoms with van der Waals surface area (Å²) in [4.78, 5) is 0. The van der Waals surface area contributed by atoms with Crippen molar-refractivity contribution in [1.29, 1.82) is 0 Å². The lowest BCUT2D eigenvalue weighted by Gasteiger charge is -2.33. The standard InChI is InChI=1S/C43H26OS/c1-3-11-29(12-4-1)43(30-13-5-2-6-14-30)37-17-9-7-15-31(37)34-25-35-32-21-19-28(24-39(32)44-40(35)26-38(34)43)27-20-22-42-36(23-27)33-16-8-10-18-41(33)45-42/h1-26H. The Balaban J connectivity index is 1.21. The number of rotatable bonds is 3. The van der Waals surface area contributed by atoms with Crippen LogP contribution in [0.25, 0.3) is 64.4 Å². The van der Waals surface area contributed by atoms with E-state index < -0.39 is 5.41 Å². The maximum absolute atomic E-state index is 6.75. The molecule has 0 amide bonds. The Morgan fingerprint density at radius 2 is 1.04 bits per heavy atom. The van der Waals surface area contributed by atoms with Crippen molar-refractivity contribution in [3.05, 3.63) is 180 Å². The highest BCUT2D eigenvalue weighted by molar-refractivity contribution is 7.25. The van der Waals surface area contributed by atoms with E-state index in [0.29, 0.717) is 0 Å². The molecule has 1 aliphatic carbocycles. The molecule has 0 N–H and O–H groups in total. The molecule has 0 bridgehead atoms. The molecule has 7 aromatic carbocycles. The second-order valence-corrected chi connectivity index (χ2v) is 13.1. The third kappa shape index (κ3) is 3.43. The van der Waals surface area contributed by atoms with E-state index in [0.717, 1.165) is 21.9 Å². The second-order valence-electron chi connectivity index (χ2n) is 12.0. The van der Waals surface area contributed by atoms with Gasteiger partial charge in [0, 0.05) is 30.9 Å². The summed E-state index contributed by atoms with van der Waals surface area (Å²) in [5.74, 6) is 0. The zero-order valence-electron chi connectivity index (χ0n) is 24.3. The fourth-order valence-electron chi connectivity index (χ4n) is 7.80. The highest BCUT2D eigenvalue weighted by Crippen LogP contribution is 2.57. The molecule has 10 rings (SSSR count). The molecule has 0 fully saturated rings. The quantitative estimate of drug-likeness (QED) is 0.199. The Labute approximate surface area is 264 Å². The molecule has 1 aliphatic rings. The van der Waals surface area contributed by atoms with Gasteiger partial charge < -0.3 is 4.42 Å². The van der Waals surface area contributed by atoms with Crippen molar-refractivity contribution in [2.45, 2.75) is 5.41 Å². The molecule has 0 aliphatic heterocycles. The molecule has 2 heterocycles. The molecule has 0 atom stereocenters. The second kappa shape index (κ2) is 9.28. The van der Waals surface area contributed by atoms with Crippen LogP contribution in [0.5, 0.6) is 0 Å². The SMILES string of the molecule is c1ccc(C2(c3ccccc3)c3ccccc3-c3cc4c(cc32)oc2cc(-c3ccc5sc6ccccc6c5c3)ccc24)cc1. The normalized spacial score (nSPS) is 13.5. The van der Waals surface area contributed by atoms with Crippen LogP contribution in [0, 0.1) is 0 Å². The average molecular weight is 591 g/mol. The van der Waals surface area contributed by atoms with Crippen LogP contribution in [0.2, 0.25) is 0 Å². The summed E-state index contributed by atoms with van der Waals surface area (Å²) >= 11 is 1.85. The Hall–Kier alpha value is -5.44. The number of hydrogen-bond donors (Lipinski definition) is 0. The van der Waals surface area contributed by atoms with Gasteiger partial charge in [0.15, 0.2) is 0 Å². The fourth-order valence-corrected chi connectivity index (χ4v) is 8.88. The molecule has 0 unspecified atom stereocenters. The predicted molar refractivity (Wildman–Crippen MR) is 189 cm³/mol. The molecule has 45 heavy (non-hydrogen) atoms. The molecule has 0 spiro atoms. The summed E-state index contributed by atoms with van der Waals surface area (Å²) in [6, 6.07) is 57.6. The van der Waals surface area contributed by atoms with Gasteiger partial charge in [0.25, 0.3) is 0 Å². The largest absolute Gasteiger partial charge is 0.456 e. The van der Waals surface area contributed by atoms with E-state index in [1.165, 1.54) is 64.7 Å². The summed E-state index contributed by atoms with van der Waals surface area (Å²) in [6.07, 6.45) is 0. The fraction of sp³-hybridized carbons (Fsp3) is 0.0233. The molecule has 0 radical (unpaired) electrons. The number of benzene rings is 7. The molecule has 2 aromatic heterocycles. The van der Waals surface area contributed by atoms with Gasteiger partial charge in [0.1, 0.15) is 11.2 Å². The van der Waals surface area contributed by atoms with Gasteiger partial charge in [-0.25, -0.2) is 0 Å². The Kier molecular flexibility index (Phi) is 5.14. The predicted octanol–water partition coefficient (Wildman–Crippen LogP) is 12.0. The first-order valence-corrected chi connectivity index (χ1v) is 16.2. The van der Waals surface area contributed by atoms with Gasteiger partial charge >= 0.3 is 0 Å². The first-order valence-electron chi connectivity index (χ1n) is 15.4. The van der Waals surface area contributed by atoms with Crippen LogP contribution in [-0.2, 0) is 5.41 Å². The molecule has 1 nitrogen and oxygen atoms in total. The van der Waals surface area contributed by atoms with Gasteiger partial charge in [-0.15, -0.1) is 11.3 Å². The van der Waals surface area contributed by atoms with E-state index in [2.05, 4.69) is 158 Å². The van der Waals surface area contributed by atoms with Gasteiger partial charge in [-0.05, 0) is 87.0 Å². The van der Waals surface area contributed by atoms with Crippen molar-refractivity contribution in [3.8, 4) is 22.3 Å². The lowest BCUT2D eigenvalue weighted by Crippen LogP contribution is -2.28. The summed E-state index contributed by atoms with van der Waals surface area (Å²) in [5, 5.41) is 4.93. The average Bonchev–Trinajstić information content (AvgIpc) is 3.75. The van der Waals surface area contributed by atoms with Gasteiger partial charge in [-0.3, -0.25) is 0 Å². The lowest BCUT2D eigenvalue weighted by molar-refractivity contribution is 0.666. The Morgan fingerprint density at radius 1 is 0.400 bits per heavy atom. The van der Waals surface area contributed by atoms with Gasteiger partial charge in [-0.2, -0.15) is 0 Å². The van der Waals surface area contributed by atoms with E-state index in [1.54, 1.807) is 0 Å². The number of hydrogen-bond acceptors (Lipinski definition) is 2. The molecule has 2 heteroatoms. The lowest BCUT2D eigenvalue weighted by atomic mass is 9.67. The summed E-state index contributed by atoms with van der Waals surface area (Å²) in [5.41, 5.74) is 11.4. The van der Waals surface area contributed by atoms with Crippen LogP contribution < -0.4 is 0 Å². The van der Waals surface area contributed by atoms with Crippen molar-refractivity contribution in [1.82, 2.24) is 0 Å². The molecule has 9 aromatic rings. The first kappa shape index (κ1) is 24.9. The maximum Gasteiger partial charge on any atom is 0.136 e. The monoisotopic (exact) mass is 590 g/mol. The van der Waals surface area contributed by atoms with Gasteiger partial charge in [0.05, 0.1) is 5.41 Å². The van der Waals surface area contributed by atoms with E-state index in [1.807, 2.05) is 11.3 Å². The van der Waals surface area contributed by atoms with Crippen molar-refractivity contribution in [2.75, 3.05) is 0 Å². The van der Waals surface area contributed by atoms with Gasteiger partial charge in [0.2, 0.25) is 0 Å². The van der Waals surface area contributed by atoms with Crippen LogP contribution in [-0.4, -0.2) is 0 Å². The van der Waals surface area contributed by atoms with E-state index in [9.17, 15) is 0 Å². The minimum atomic E-state index is -0.439. The van der Waals surface area contributed by atoms with Crippen LogP contribution in [0.4, 0.5) is 0 Å². The van der Waals surface area contributed by atoms with Gasteiger partial charge in [-0.1, -0.05) is 115 Å². The van der Waals surface area contributed by atoms with E-state index in [-0.39, 0.29) is 0 Å². The van der Waals surface area contributed by atoms with Crippen LogP contribution in [0.1, 0.15) is 22.3 Å². The van der Waals surface area contributed by atoms with Crippen molar-refractivity contribution in [2.24, 2.45) is 0 Å². The zero-order chi connectivity index (χ0) is 29.5. The van der Waals surface area contributed by atoms with Crippen molar-refractivity contribution < 1.29 is 4.42 Å².